The zero-order valence-corrected chi connectivity index (χ0v) is 24.2. The summed E-state index contributed by atoms with van der Waals surface area (Å²) in [5, 5.41) is 16.1. The molecule has 0 radical (unpaired) electrons. The van der Waals surface area contributed by atoms with Crippen LogP contribution < -0.4 is 11.1 Å². The van der Waals surface area contributed by atoms with E-state index >= 15 is 0 Å². The quantitative estimate of drug-likeness (QED) is 0.312. The van der Waals surface area contributed by atoms with Gasteiger partial charge in [0, 0.05) is 73.5 Å². The number of anilines is 2. The molecule has 1 aliphatic heterocycles. The number of hydrogen-bond donors (Lipinski definition) is 2. The third-order valence-electron chi connectivity index (χ3n) is 8.32. The van der Waals surface area contributed by atoms with E-state index in [1.165, 1.54) is 23.3 Å². The molecule has 0 bridgehead atoms. The summed E-state index contributed by atoms with van der Waals surface area (Å²) in [7, 11) is 0. The van der Waals surface area contributed by atoms with Crippen LogP contribution in [0.5, 0.6) is 0 Å². The average molecular weight is 603 g/mol. The van der Waals surface area contributed by atoms with Crippen molar-refractivity contribution in [3.63, 3.8) is 0 Å². The number of aryl methyl sites for hydroxylation is 1. The van der Waals surface area contributed by atoms with Gasteiger partial charge in [-0.2, -0.15) is 10.4 Å². The van der Waals surface area contributed by atoms with Crippen molar-refractivity contribution >= 4 is 29.0 Å². The largest absolute Gasteiger partial charge is 0.339 e. The molecule has 0 unspecified atom stereocenters. The molecular weight excluding hydrogens is 570 g/mol. The molecule has 3 aromatic heterocycles. The molecular formula is C30H32F2N10O2. The maximum atomic E-state index is 13.8. The number of halogens is 2. The summed E-state index contributed by atoms with van der Waals surface area (Å²) < 4.78 is 30.3. The Labute approximate surface area is 252 Å². The van der Waals surface area contributed by atoms with Crippen molar-refractivity contribution in [2.24, 2.45) is 11.7 Å². The number of fused-ring (bicyclic) bond motifs is 1. The van der Waals surface area contributed by atoms with E-state index in [4.69, 9.17) is 11.0 Å². The van der Waals surface area contributed by atoms with Gasteiger partial charge in [0.25, 0.3) is 12.3 Å². The summed E-state index contributed by atoms with van der Waals surface area (Å²) in [6, 6.07) is 7.49. The minimum atomic E-state index is -2.83. The maximum Gasteiger partial charge on any atom is 0.282 e. The fourth-order valence-electron chi connectivity index (χ4n) is 5.89. The molecule has 3 N–H and O–H groups in total. The number of aromatic nitrogens is 5. The smallest absolute Gasteiger partial charge is 0.282 e. The first kappa shape index (κ1) is 29.2. The van der Waals surface area contributed by atoms with E-state index in [1.807, 2.05) is 24.0 Å². The number of piperazine rings is 1. The molecule has 6 rings (SSSR count). The Morgan fingerprint density at radius 3 is 2.59 bits per heavy atom. The fourth-order valence-corrected chi connectivity index (χ4v) is 5.89. The number of nitrogens with one attached hydrogen (secondary N) is 1. The highest BCUT2D eigenvalue weighted by atomic mass is 19.3. The lowest BCUT2D eigenvalue weighted by atomic mass is 9.80. The van der Waals surface area contributed by atoms with Crippen LogP contribution in [0.1, 0.15) is 47.8 Å². The Kier molecular flexibility index (Phi) is 7.96. The van der Waals surface area contributed by atoms with Crippen molar-refractivity contribution in [1.29, 1.82) is 5.26 Å². The van der Waals surface area contributed by atoms with Gasteiger partial charge in [-0.1, -0.05) is 6.92 Å². The Balaban J connectivity index is 1.19. The Morgan fingerprint density at radius 2 is 1.91 bits per heavy atom. The molecule has 0 spiro atoms. The first-order valence-corrected chi connectivity index (χ1v) is 14.6. The van der Waals surface area contributed by atoms with Gasteiger partial charge >= 0.3 is 0 Å². The Hall–Kier alpha value is -4.90. The summed E-state index contributed by atoms with van der Waals surface area (Å²) in [6.45, 7) is 3.79. The van der Waals surface area contributed by atoms with E-state index in [0.29, 0.717) is 61.0 Å². The molecule has 12 nitrogen and oxygen atoms in total. The highest BCUT2D eigenvalue weighted by molar-refractivity contribution is 5.96. The lowest BCUT2D eigenvalue weighted by Crippen LogP contribution is -2.54. The van der Waals surface area contributed by atoms with Crippen molar-refractivity contribution in [2.75, 3.05) is 31.5 Å². The molecule has 228 valence electrons. The van der Waals surface area contributed by atoms with Crippen molar-refractivity contribution < 1.29 is 18.4 Å². The second-order valence-corrected chi connectivity index (χ2v) is 11.1. The fraction of sp³-hybridized carbons (Fsp3) is 0.400. The van der Waals surface area contributed by atoms with Gasteiger partial charge in [0.2, 0.25) is 5.91 Å². The summed E-state index contributed by atoms with van der Waals surface area (Å²) in [5.74, 6) is 0.476. The van der Waals surface area contributed by atoms with Crippen LogP contribution >= 0.6 is 0 Å². The van der Waals surface area contributed by atoms with E-state index in [2.05, 4.69) is 20.4 Å². The van der Waals surface area contributed by atoms with E-state index in [-0.39, 0.29) is 35.9 Å². The molecule has 1 aliphatic carbocycles. The summed E-state index contributed by atoms with van der Waals surface area (Å²) in [6.07, 6.45) is 5.28. The summed E-state index contributed by atoms with van der Waals surface area (Å²) in [5.41, 5.74) is 8.52. The van der Waals surface area contributed by atoms with Gasteiger partial charge in [0.1, 0.15) is 12.2 Å². The number of rotatable bonds is 8. The van der Waals surface area contributed by atoms with Crippen LogP contribution in [0.2, 0.25) is 0 Å². The predicted octanol–water partition coefficient (Wildman–Crippen LogP) is 3.38. The van der Waals surface area contributed by atoms with Crippen molar-refractivity contribution in [1.82, 2.24) is 33.9 Å². The standard InChI is InChI=1S/C30H32F2N10O2/c1-2-18-15-21(3-4-22(18)30(44)40-11-9-39(10-12-40)29(43)19-13-20(34)14-19)37-27-28-36-16-24(42(28)8-6-35-27)23-17-41(7-5-33)38-25(23)26(31)32/h3-4,6,8,15-17,19-20,26H,2,7,9-14,34H2,1H3,(H,35,37)/t19-,20-. The monoisotopic (exact) mass is 602 g/mol. The number of hydrogen-bond acceptors (Lipinski definition) is 8. The maximum absolute atomic E-state index is 13.8. The Bertz CT molecular complexity index is 1750. The minimum Gasteiger partial charge on any atom is -0.339 e. The number of nitrogens with zero attached hydrogens (tertiary/aromatic N) is 8. The second kappa shape index (κ2) is 12.0. The van der Waals surface area contributed by atoms with Crippen LogP contribution in [0.4, 0.5) is 20.3 Å². The van der Waals surface area contributed by atoms with Crippen LogP contribution in [0, 0.1) is 17.2 Å². The third kappa shape index (κ3) is 5.46. The van der Waals surface area contributed by atoms with Crippen molar-refractivity contribution in [2.45, 2.75) is 45.2 Å². The topological polar surface area (TPSA) is 150 Å². The summed E-state index contributed by atoms with van der Waals surface area (Å²) >= 11 is 0. The van der Waals surface area contributed by atoms with Crippen LogP contribution in [-0.2, 0) is 17.8 Å². The van der Waals surface area contributed by atoms with Crippen LogP contribution in [-0.4, -0.2) is 78.0 Å². The zero-order chi connectivity index (χ0) is 31.0. The number of nitriles is 1. The van der Waals surface area contributed by atoms with E-state index in [0.717, 1.165) is 18.4 Å². The highest BCUT2D eigenvalue weighted by Gasteiger charge is 2.36. The predicted molar refractivity (Wildman–Crippen MR) is 157 cm³/mol. The molecule has 1 aromatic carbocycles. The third-order valence-corrected chi connectivity index (χ3v) is 8.32. The Morgan fingerprint density at radius 1 is 1.16 bits per heavy atom. The SMILES string of the molecule is CCc1cc(Nc2nccn3c(-c4cn(CC#N)nc4C(F)F)cnc23)ccc1C(=O)N1CCN(C(=O)[C@H]2C[C@H](N)C2)CC1. The van der Waals surface area contributed by atoms with Crippen molar-refractivity contribution in [3.05, 3.63) is 59.8 Å². The zero-order valence-electron chi connectivity index (χ0n) is 24.2. The number of alkyl halides is 2. The first-order chi connectivity index (χ1) is 21.3. The molecule has 4 aromatic rings. The number of nitrogens with two attached hydrogens (primary N) is 1. The van der Waals surface area contributed by atoms with Gasteiger partial charge in [-0.25, -0.2) is 18.7 Å². The van der Waals surface area contributed by atoms with Gasteiger partial charge in [-0.3, -0.25) is 18.7 Å². The van der Waals surface area contributed by atoms with Gasteiger partial charge < -0.3 is 20.9 Å². The number of amides is 2. The lowest BCUT2D eigenvalue weighted by molar-refractivity contribution is -0.140. The van der Waals surface area contributed by atoms with Crippen LogP contribution in [0.15, 0.2) is 43.0 Å². The second-order valence-electron chi connectivity index (χ2n) is 11.1. The molecule has 14 heteroatoms. The van der Waals surface area contributed by atoms with E-state index in [1.54, 1.807) is 27.6 Å². The number of benzene rings is 1. The van der Waals surface area contributed by atoms with Gasteiger partial charge in [0.15, 0.2) is 11.5 Å². The average Bonchev–Trinajstić information content (AvgIpc) is 3.64. The van der Waals surface area contributed by atoms with E-state index < -0.39 is 12.1 Å². The number of carbonyl (C=O) groups is 2. The number of imidazole rings is 1. The molecule has 44 heavy (non-hydrogen) atoms. The normalized spacial score (nSPS) is 18.4. The van der Waals surface area contributed by atoms with Crippen LogP contribution in [0.25, 0.3) is 16.9 Å². The molecule has 2 aliphatic rings. The van der Waals surface area contributed by atoms with Crippen molar-refractivity contribution in [3.8, 4) is 17.3 Å². The molecule has 2 fully saturated rings. The van der Waals surface area contributed by atoms with Gasteiger partial charge in [-0.15, -0.1) is 0 Å². The minimum absolute atomic E-state index is 0.0106. The highest BCUT2D eigenvalue weighted by Crippen LogP contribution is 2.32. The van der Waals surface area contributed by atoms with E-state index in [9.17, 15) is 18.4 Å². The van der Waals surface area contributed by atoms with Gasteiger partial charge in [0.05, 0.1) is 18.0 Å². The molecule has 2 amide bonds. The van der Waals surface area contributed by atoms with Crippen LogP contribution in [0.3, 0.4) is 0 Å². The molecule has 1 saturated carbocycles. The summed E-state index contributed by atoms with van der Waals surface area (Å²) in [4.78, 5) is 38.7. The first-order valence-electron chi connectivity index (χ1n) is 14.6. The molecule has 4 heterocycles. The molecule has 0 atom stereocenters. The van der Waals surface area contributed by atoms with Gasteiger partial charge in [-0.05, 0) is 43.0 Å². The lowest BCUT2D eigenvalue weighted by Gasteiger charge is -2.40. The number of carbonyl (C=O) groups excluding carboxylic acids is 2. The molecule has 1 saturated heterocycles.